The van der Waals surface area contributed by atoms with E-state index in [4.69, 9.17) is 14.0 Å². The molecule has 1 N–H and O–H groups in total. The van der Waals surface area contributed by atoms with Gasteiger partial charge in [0.1, 0.15) is 30.0 Å². The molecule has 136 valence electrons. The molecule has 4 heterocycles. The van der Waals surface area contributed by atoms with Crippen LogP contribution in [-0.4, -0.2) is 42.1 Å². The summed E-state index contributed by atoms with van der Waals surface area (Å²) in [6, 6.07) is 5.02. The molecule has 0 aliphatic carbocycles. The third-order valence-corrected chi connectivity index (χ3v) is 3.36. The summed E-state index contributed by atoms with van der Waals surface area (Å²) in [5.74, 6) is -0.260. The van der Waals surface area contributed by atoms with Crippen molar-refractivity contribution in [3.8, 4) is 28.8 Å². The molecule has 0 aliphatic heterocycles. The number of rotatable bonds is 7. The van der Waals surface area contributed by atoms with E-state index < -0.39 is 5.82 Å². The summed E-state index contributed by atoms with van der Waals surface area (Å²) >= 11 is 0. The van der Waals surface area contributed by atoms with Gasteiger partial charge in [-0.25, -0.2) is 15.0 Å². The van der Waals surface area contributed by atoms with Gasteiger partial charge in [0.2, 0.25) is 5.82 Å². The van der Waals surface area contributed by atoms with Crippen molar-refractivity contribution >= 4 is 0 Å². The number of hydrogen-bond acceptors (Lipinski definition) is 9. The number of aromatic amines is 1. The Labute approximate surface area is 151 Å². The van der Waals surface area contributed by atoms with E-state index in [1.807, 2.05) is 0 Å². The third-order valence-electron chi connectivity index (χ3n) is 3.36. The molecule has 0 atom stereocenters. The molecule has 0 aromatic carbocycles. The molecule has 0 aliphatic rings. The maximum absolute atomic E-state index is 13.9. The van der Waals surface area contributed by atoms with Crippen molar-refractivity contribution in [2.24, 2.45) is 0 Å². The summed E-state index contributed by atoms with van der Waals surface area (Å²) < 4.78 is 29.2. The molecule has 0 radical (unpaired) electrons. The largest absolute Gasteiger partial charge is 0.448 e. The second-order valence-electron chi connectivity index (χ2n) is 5.17. The van der Waals surface area contributed by atoms with Gasteiger partial charge in [-0.15, -0.1) is 0 Å². The fourth-order valence-corrected chi connectivity index (χ4v) is 2.13. The van der Waals surface area contributed by atoms with E-state index in [2.05, 4.69) is 35.3 Å². The van der Waals surface area contributed by atoms with Gasteiger partial charge < -0.3 is 14.0 Å². The average Bonchev–Trinajstić information content (AvgIpc) is 3.39. The van der Waals surface area contributed by atoms with E-state index in [0.717, 1.165) is 6.20 Å². The number of nitrogens with one attached hydrogen (secondary N) is 1. The Morgan fingerprint density at radius 2 is 2.04 bits per heavy atom. The molecule has 0 fully saturated rings. The highest BCUT2D eigenvalue weighted by atomic mass is 19.1. The van der Waals surface area contributed by atoms with Gasteiger partial charge in [-0.05, 0) is 12.1 Å². The second kappa shape index (κ2) is 7.66. The van der Waals surface area contributed by atoms with Crippen molar-refractivity contribution in [3.05, 3.63) is 54.7 Å². The molecule has 4 rings (SSSR count). The number of H-pyrrole nitrogens is 1. The predicted octanol–water partition coefficient (Wildman–Crippen LogP) is 2.00. The van der Waals surface area contributed by atoms with Crippen LogP contribution in [0.4, 0.5) is 4.39 Å². The van der Waals surface area contributed by atoms with Crippen LogP contribution < -0.4 is 4.74 Å². The number of hydrogen-bond donors (Lipinski definition) is 1. The third kappa shape index (κ3) is 3.93. The summed E-state index contributed by atoms with van der Waals surface area (Å²) in [6.07, 6.45) is 5.64. The van der Waals surface area contributed by atoms with Crippen LogP contribution in [0.2, 0.25) is 0 Å². The monoisotopic (exact) mass is 369 g/mol. The zero-order valence-electron chi connectivity index (χ0n) is 13.7. The average molecular weight is 369 g/mol. The molecule has 0 amide bonds. The van der Waals surface area contributed by atoms with Gasteiger partial charge in [0.05, 0.1) is 6.20 Å². The van der Waals surface area contributed by atoms with Crippen LogP contribution in [0.25, 0.3) is 22.9 Å². The lowest BCUT2D eigenvalue weighted by atomic mass is 10.3. The first kappa shape index (κ1) is 16.7. The van der Waals surface area contributed by atoms with Gasteiger partial charge in [-0.1, -0.05) is 5.16 Å². The first-order valence-corrected chi connectivity index (χ1v) is 7.75. The molecule has 0 saturated heterocycles. The van der Waals surface area contributed by atoms with E-state index >= 15 is 0 Å². The molecule has 0 unspecified atom stereocenters. The first-order valence-electron chi connectivity index (χ1n) is 7.75. The van der Waals surface area contributed by atoms with Crippen LogP contribution in [0.3, 0.4) is 0 Å². The SMILES string of the molecule is Fc1cnc(-c2cc(-c3ccon3)n[nH]2)nc1OCOCc1ncccn1. The van der Waals surface area contributed by atoms with Crippen LogP contribution in [0.5, 0.6) is 5.88 Å². The van der Waals surface area contributed by atoms with Gasteiger partial charge in [-0.2, -0.15) is 14.5 Å². The minimum atomic E-state index is -0.713. The molecular formula is C16H12FN7O3. The summed E-state index contributed by atoms with van der Waals surface area (Å²) in [6.45, 7) is -0.0964. The van der Waals surface area contributed by atoms with Gasteiger partial charge in [-0.3, -0.25) is 5.10 Å². The topological polar surface area (TPSA) is 125 Å². The van der Waals surface area contributed by atoms with Crippen molar-refractivity contribution in [1.29, 1.82) is 0 Å². The van der Waals surface area contributed by atoms with Crippen LogP contribution in [0.1, 0.15) is 5.82 Å². The van der Waals surface area contributed by atoms with Gasteiger partial charge in [0.25, 0.3) is 5.88 Å². The Kier molecular flexibility index (Phi) is 4.74. The number of halogens is 1. The fraction of sp³-hybridized carbons (Fsp3) is 0.125. The van der Waals surface area contributed by atoms with Crippen LogP contribution >= 0.6 is 0 Å². The highest BCUT2D eigenvalue weighted by molar-refractivity contribution is 5.61. The Balaban J connectivity index is 1.42. The molecule has 4 aromatic heterocycles. The molecule has 0 bridgehead atoms. The molecule has 0 saturated carbocycles. The maximum Gasteiger partial charge on any atom is 0.256 e. The van der Waals surface area contributed by atoms with Crippen LogP contribution in [-0.2, 0) is 11.3 Å². The van der Waals surface area contributed by atoms with E-state index in [1.165, 1.54) is 6.26 Å². The predicted molar refractivity (Wildman–Crippen MR) is 87.4 cm³/mol. The number of nitrogens with zero attached hydrogens (tertiary/aromatic N) is 6. The van der Waals surface area contributed by atoms with E-state index in [1.54, 1.807) is 30.6 Å². The van der Waals surface area contributed by atoms with E-state index in [-0.39, 0.29) is 25.1 Å². The minimum Gasteiger partial charge on any atom is -0.448 e. The van der Waals surface area contributed by atoms with Crippen LogP contribution in [0, 0.1) is 5.82 Å². The lowest BCUT2D eigenvalue weighted by Gasteiger charge is -2.07. The normalized spacial score (nSPS) is 10.9. The molecular weight excluding hydrogens is 357 g/mol. The minimum absolute atomic E-state index is 0.127. The standard InChI is InChI=1S/C16H12FN7O3/c17-10-7-20-15(13-6-12(22-23-13)11-2-5-27-24-11)21-16(10)26-9-25-8-14-18-3-1-4-19-14/h1-7H,8-9H2,(H,22,23). The summed E-state index contributed by atoms with van der Waals surface area (Å²) in [7, 11) is 0. The molecule has 10 nitrogen and oxygen atoms in total. The van der Waals surface area contributed by atoms with E-state index in [9.17, 15) is 4.39 Å². The summed E-state index contributed by atoms with van der Waals surface area (Å²) in [5.41, 5.74) is 1.56. The van der Waals surface area contributed by atoms with Crippen molar-refractivity contribution < 1.29 is 18.4 Å². The van der Waals surface area contributed by atoms with Crippen molar-refractivity contribution in [1.82, 2.24) is 35.3 Å². The highest BCUT2D eigenvalue weighted by Gasteiger charge is 2.14. The Bertz CT molecular complexity index is 1010. The smallest absolute Gasteiger partial charge is 0.256 e. The molecule has 11 heteroatoms. The number of ether oxygens (including phenoxy) is 2. The summed E-state index contributed by atoms with van der Waals surface area (Å²) in [5, 5.41) is 10.6. The van der Waals surface area contributed by atoms with Gasteiger partial charge in [0, 0.05) is 18.5 Å². The maximum atomic E-state index is 13.9. The quantitative estimate of drug-likeness (QED) is 0.384. The van der Waals surface area contributed by atoms with Crippen molar-refractivity contribution in [2.75, 3.05) is 6.79 Å². The zero-order chi connectivity index (χ0) is 18.5. The van der Waals surface area contributed by atoms with Gasteiger partial charge >= 0.3 is 0 Å². The van der Waals surface area contributed by atoms with E-state index in [0.29, 0.717) is 22.9 Å². The Morgan fingerprint density at radius 3 is 2.85 bits per heavy atom. The second-order valence-corrected chi connectivity index (χ2v) is 5.17. The lowest BCUT2D eigenvalue weighted by molar-refractivity contribution is -0.00244. The lowest BCUT2D eigenvalue weighted by Crippen LogP contribution is -2.08. The molecule has 4 aromatic rings. The van der Waals surface area contributed by atoms with Crippen molar-refractivity contribution in [2.45, 2.75) is 6.61 Å². The number of aromatic nitrogens is 7. The van der Waals surface area contributed by atoms with Gasteiger partial charge in [0.15, 0.2) is 18.4 Å². The zero-order valence-corrected chi connectivity index (χ0v) is 13.7. The molecule has 0 spiro atoms. The first-order chi connectivity index (χ1) is 13.3. The molecule has 27 heavy (non-hydrogen) atoms. The van der Waals surface area contributed by atoms with Crippen LogP contribution in [0.15, 0.2) is 47.6 Å². The van der Waals surface area contributed by atoms with Crippen molar-refractivity contribution in [3.63, 3.8) is 0 Å². The highest BCUT2D eigenvalue weighted by Crippen LogP contribution is 2.22. The Morgan fingerprint density at radius 1 is 1.15 bits per heavy atom. The fourth-order valence-electron chi connectivity index (χ4n) is 2.13. The summed E-state index contributed by atoms with van der Waals surface area (Å²) in [4.78, 5) is 16.0. The Hall–Kier alpha value is -3.73.